The number of hydrogen-bond donors (Lipinski definition) is 1. The topological polar surface area (TPSA) is 21.3 Å². The summed E-state index contributed by atoms with van der Waals surface area (Å²) >= 11 is 0. The number of hydrogen-bond acceptors (Lipinski definition) is 2. The van der Waals surface area contributed by atoms with Crippen LogP contribution in [0, 0.1) is 0 Å². The Bertz CT molecular complexity index is 398. The number of fused-ring (bicyclic) bond motifs is 1. The standard InChI is InChI=1S/C16H23NO/c1-12-8-9-16(15-7-3-2-6-14(12)15)17-13-5-4-10-18-11-13/h2-3,6-7,12-13,16-17H,4-5,8-11H2,1H3. The molecule has 1 aliphatic heterocycles. The van der Waals surface area contributed by atoms with Crippen molar-refractivity contribution in [2.24, 2.45) is 0 Å². The summed E-state index contributed by atoms with van der Waals surface area (Å²) in [4.78, 5) is 0. The zero-order chi connectivity index (χ0) is 12.4. The van der Waals surface area contributed by atoms with E-state index in [4.69, 9.17) is 4.74 Å². The number of benzene rings is 1. The second kappa shape index (κ2) is 5.41. The Kier molecular flexibility index (Phi) is 3.67. The first-order valence-corrected chi connectivity index (χ1v) is 7.27. The predicted octanol–water partition coefficient (Wildman–Crippen LogP) is 3.39. The second-order valence-electron chi connectivity index (χ2n) is 5.74. The fourth-order valence-electron chi connectivity index (χ4n) is 3.33. The van der Waals surface area contributed by atoms with Gasteiger partial charge in [-0.1, -0.05) is 31.2 Å². The van der Waals surface area contributed by atoms with Gasteiger partial charge in [-0.05, 0) is 42.7 Å². The van der Waals surface area contributed by atoms with Crippen LogP contribution in [0.2, 0.25) is 0 Å². The smallest absolute Gasteiger partial charge is 0.0619 e. The molecule has 0 radical (unpaired) electrons. The zero-order valence-corrected chi connectivity index (χ0v) is 11.2. The van der Waals surface area contributed by atoms with Gasteiger partial charge in [0, 0.05) is 18.7 Å². The highest BCUT2D eigenvalue weighted by atomic mass is 16.5. The minimum absolute atomic E-state index is 0.532. The Morgan fingerprint density at radius 1 is 1.11 bits per heavy atom. The summed E-state index contributed by atoms with van der Waals surface area (Å²) in [6.45, 7) is 4.17. The summed E-state index contributed by atoms with van der Waals surface area (Å²) in [5.41, 5.74) is 3.06. The molecule has 18 heavy (non-hydrogen) atoms. The summed E-state index contributed by atoms with van der Waals surface area (Å²) in [5.74, 6) is 0.710. The van der Waals surface area contributed by atoms with E-state index in [1.165, 1.54) is 36.8 Å². The quantitative estimate of drug-likeness (QED) is 0.862. The molecule has 3 atom stereocenters. The maximum Gasteiger partial charge on any atom is 0.0619 e. The largest absolute Gasteiger partial charge is 0.380 e. The normalized spacial score (nSPS) is 31.9. The van der Waals surface area contributed by atoms with Crippen molar-refractivity contribution in [3.63, 3.8) is 0 Å². The lowest BCUT2D eigenvalue weighted by atomic mass is 9.81. The Morgan fingerprint density at radius 3 is 2.72 bits per heavy atom. The van der Waals surface area contributed by atoms with Gasteiger partial charge in [0.1, 0.15) is 0 Å². The number of nitrogens with one attached hydrogen (secondary N) is 1. The molecular formula is C16H23NO. The summed E-state index contributed by atoms with van der Waals surface area (Å²) in [7, 11) is 0. The third kappa shape index (κ3) is 2.45. The molecule has 1 saturated heterocycles. The van der Waals surface area contributed by atoms with Gasteiger partial charge in [-0.2, -0.15) is 0 Å². The average molecular weight is 245 g/mol. The molecule has 1 heterocycles. The van der Waals surface area contributed by atoms with E-state index in [-0.39, 0.29) is 0 Å². The first kappa shape index (κ1) is 12.2. The van der Waals surface area contributed by atoms with Crippen LogP contribution < -0.4 is 5.32 Å². The summed E-state index contributed by atoms with van der Waals surface area (Å²) < 4.78 is 5.57. The zero-order valence-electron chi connectivity index (χ0n) is 11.2. The minimum Gasteiger partial charge on any atom is -0.380 e. The molecule has 1 fully saturated rings. The molecule has 2 nitrogen and oxygen atoms in total. The van der Waals surface area contributed by atoms with E-state index >= 15 is 0 Å². The van der Waals surface area contributed by atoms with Crippen LogP contribution in [-0.4, -0.2) is 19.3 Å². The highest BCUT2D eigenvalue weighted by Crippen LogP contribution is 2.37. The van der Waals surface area contributed by atoms with Gasteiger partial charge in [0.05, 0.1) is 6.61 Å². The molecule has 1 aromatic carbocycles. The van der Waals surface area contributed by atoms with E-state index in [0.717, 1.165) is 13.2 Å². The molecule has 2 aliphatic rings. The maximum absolute atomic E-state index is 5.57. The predicted molar refractivity (Wildman–Crippen MR) is 73.8 cm³/mol. The van der Waals surface area contributed by atoms with Gasteiger partial charge in [0.2, 0.25) is 0 Å². The van der Waals surface area contributed by atoms with Crippen molar-refractivity contribution in [1.29, 1.82) is 0 Å². The van der Waals surface area contributed by atoms with Crippen molar-refractivity contribution in [1.82, 2.24) is 5.32 Å². The van der Waals surface area contributed by atoms with Gasteiger partial charge < -0.3 is 10.1 Å². The molecule has 2 heteroatoms. The fourth-order valence-corrected chi connectivity index (χ4v) is 3.33. The monoisotopic (exact) mass is 245 g/mol. The van der Waals surface area contributed by atoms with Crippen LogP contribution in [0.3, 0.4) is 0 Å². The molecule has 0 bridgehead atoms. The second-order valence-corrected chi connectivity index (χ2v) is 5.74. The lowest BCUT2D eigenvalue weighted by molar-refractivity contribution is 0.0652. The van der Waals surface area contributed by atoms with Gasteiger partial charge in [-0.3, -0.25) is 0 Å². The summed E-state index contributed by atoms with van der Waals surface area (Å²) in [6, 6.07) is 10.0. The molecule has 0 spiro atoms. The molecule has 0 amide bonds. The van der Waals surface area contributed by atoms with E-state index in [0.29, 0.717) is 18.0 Å². The SMILES string of the molecule is CC1CCC(NC2CCCOC2)c2ccccc21. The molecule has 98 valence electrons. The molecule has 0 aromatic heterocycles. The van der Waals surface area contributed by atoms with E-state index in [1.54, 1.807) is 0 Å². The summed E-state index contributed by atoms with van der Waals surface area (Å²) in [6.07, 6.45) is 5.01. The van der Waals surface area contributed by atoms with Gasteiger partial charge in [0.15, 0.2) is 0 Å². The third-order valence-electron chi connectivity index (χ3n) is 4.39. The lowest BCUT2D eigenvalue weighted by Gasteiger charge is -2.34. The Balaban J connectivity index is 1.75. The van der Waals surface area contributed by atoms with Crippen molar-refractivity contribution in [2.45, 2.75) is 50.6 Å². The van der Waals surface area contributed by atoms with Crippen LogP contribution in [-0.2, 0) is 4.74 Å². The average Bonchev–Trinajstić information content (AvgIpc) is 2.44. The number of rotatable bonds is 2. The van der Waals surface area contributed by atoms with E-state index in [9.17, 15) is 0 Å². The Hall–Kier alpha value is -0.860. The van der Waals surface area contributed by atoms with Crippen molar-refractivity contribution < 1.29 is 4.74 Å². The summed E-state index contributed by atoms with van der Waals surface area (Å²) in [5, 5.41) is 3.81. The molecule has 1 N–H and O–H groups in total. The van der Waals surface area contributed by atoms with Crippen LogP contribution in [0.1, 0.15) is 55.7 Å². The maximum atomic E-state index is 5.57. The highest BCUT2D eigenvalue weighted by molar-refractivity contribution is 5.35. The van der Waals surface area contributed by atoms with Crippen LogP contribution in [0.5, 0.6) is 0 Å². The molecule has 0 saturated carbocycles. The van der Waals surface area contributed by atoms with Crippen LogP contribution in [0.25, 0.3) is 0 Å². The minimum atomic E-state index is 0.532. The fraction of sp³-hybridized carbons (Fsp3) is 0.625. The third-order valence-corrected chi connectivity index (χ3v) is 4.39. The van der Waals surface area contributed by atoms with Crippen LogP contribution >= 0.6 is 0 Å². The Labute approximate surface area is 110 Å². The van der Waals surface area contributed by atoms with Crippen molar-refractivity contribution in [3.05, 3.63) is 35.4 Å². The molecule has 3 rings (SSSR count). The lowest BCUT2D eigenvalue weighted by Crippen LogP contribution is -2.40. The van der Waals surface area contributed by atoms with E-state index in [1.807, 2.05) is 0 Å². The highest BCUT2D eigenvalue weighted by Gasteiger charge is 2.26. The molecular weight excluding hydrogens is 222 g/mol. The first-order chi connectivity index (χ1) is 8.84. The van der Waals surface area contributed by atoms with Crippen LogP contribution in [0.4, 0.5) is 0 Å². The number of ether oxygens (including phenoxy) is 1. The molecule has 1 aliphatic carbocycles. The Morgan fingerprint density at radius 2 is 1.94 bits per heavy atom. The van der Waals surface area contributed by atoms with Gasteiger partial charge in [-0.15, -0.1) is 0 Å². The van der Waals surface area contributed by atoms with Crippen molar-refractivity contribution >= 4 is 0 Å². The van der Waals surface area contributed by atoms with Crippen molar-refractivity contribution in [2.75, 3.05) is 13.2 Å². The van der Waals surface area contributed by atoms with Gasteiger partial charge >= 0.3 is 0 Å². The molecule has 3 unspecified atom stereocenters. The molecule has 1 aromatic rings. The van der Waals surface area contributed by atoms with E-state index < -0.39 is 0 Å². The van der Waals surface area contributed by atoms with Gasteiger partial charge in [0.25, 0.3) is 0 Å². The van der Waals surface area contributed by atoms with Crippen molar-refractivity contribution in [3.8, 4) is 0 Å². The first-order valence-electron chi connectivity index (χ1n) is 7.27. The van der Waals surface area contributed by atoms with Gasteiger partial charge in [-0.25, -0.2) is 0 Å². The van der Waals surface area contributed by atoms with Crippen LogP contribution in [0.15, 0.2) is 24.3 Å². The van der Waals surface area contributed by atoms with E-state index in [2.05, 4.69) is 36.5 Å².